The van der Waals surface area contributed by atoms with Gasteiger partial charge in [-0.15, -0.1) is 0 Å². The summed E-state index contributed by atoms with van der Waals surface area (Å²) in [6.07, 6.45) is 3.64. The molecule has 0 aliphatic carbocycles. The fourth-order valence-electron chi connectivity index (χ4n) is 3.10. The fourth-order valence-corrected chi connectivity index (χ4v) is 3.10. The van der Waals surface area contributed by atoms with Gasteiger partial charge in [-0.1, -0.05) is 42.5 Å². The van der Waals surface area contributed by atoms with Crippen LogP contribution in [0.15, 0.2) is 78.9 Å². The Kier molecular flexibility index (Phi) is 7.63. The second kappa shape index (κ2) is 10.6. The van der Waals surface area contributed by atoms with Gasteiger partial charge in [0.2, 0.25) is 0 Å². The molecule has 0 atom stereocenters. The van der Waals surface area contributed by atoms with Gasteiger partial charge in [0, 0.05) is 6.54 Å². The molecule has 4 heteroatoms. The van der Waals surface area contributed by atoms with Crippen LogP contribution in [-0.4, -0.2) is 37.3 Å². The van der Waals surface area contributed by atoms with Gasteiger partial charge in [0.1, 0.15) is 23.9 Å². The first-order valence-corrected chi connectivity index (χ1v) is 10.1. The van der Waals surface area contributed by atoms with Gasteiger partial charge in [-0.2, -0.15) is 0 Å². The van der Waals surface area contributed by atoms with Crippen molar-refractivity contribution in [2.45, 2.75) is 12.8 Å². The molecule has 0 radical (unpaired) electrons. The van der Waals surface area contributed by atoms with Crippen molar-refractivity contribution in [2.24, 2.45) is 0 Å². The molecule has 3 nitrogen and oxygen atoms in total. The molecule has 0 unspecified atom stereocenters. The van der Waals surface area contributed by atoms with Gasteiger partial charge in [-0.3, -0.25) is 0 Å². The summed E-state index contributed by atoms with van der Waals surface area (Å²) in [5.41, 5.74) is 4.40. The van der Waals surface area contributed by atoms with Crippen molar-refractivity contribution in [2.75, 3.05) is 27.2 Å². The Bertz CT molecular complexity index is 946. The van der Waals surface area contributed by atoms with Crippen LogP contribution in [0.3, 0.4) is 0 Å². The molecule has 1 N–H and O–H groups in total. The van der Waals surface area contributed by atoms with E-state index in [4.69, 9.17) is 4.74 Å². The Balaban J connectivity index is 1.74. The first kappa shape index (κ1) is 21.6. The predicted molar refractivity (Wildman–Crippen MR) is 120 cm³/mol. The van der Waals surface area contributed by atoms with Gasteiger partial charge in [0.05, 0.1) is 0 Å². The van der Waals surface area contributed by atoms with Crippen molar-refractivity contribution >= 4 is 5.57 Å². The summed E-state index contributed by atoms with van der Waals surface area (Å²) >= 11 is 0. The van der Waals surface area contributed by atoms with E-state index in [1.807, 2.05) is 50.5 Å². The van der Waals surface area contributed by atoms with E-state index in [-0.39, 0.29) is 11.6 Å². The number of hydrogen-bond acceptors (Lipinski definition) is 3. The summed E-state index contributed by atoms with van der Waals surface area (Å²) < 4.78 is 19.2. The van der Waals surface area contributed by atoms with E-state index in [9.17, 15) is 9.50 Å². The van der Waals surface area contributed by atoms with Gasteiger partial charge in [0.15, 0.2) is 0 Å². The normalized spacial score (nSPS) is 11.7. The molecule has 3 aromatic carbocycles. The van der Waals surface area contributed by atoms with Gasteiger partial charge in [0.25, 0.3) is 0 Å². The summed E-state index contributed by atoms with van der Waals surface area (Å²) in [6.45, 7) is 1.52. The zero-order chi connectivity index (χ0) is 21.3. The molecule has 3 aromatic rings. The summed E-state index contributed by atoms with van der Waals surface area (Å²) in [7, 11) is 4.04. The maximum atomic E-state index is 13.4. The molecule has 3 rings (SSSR count). The molecule has 0 bridgehead atoms. The minimum Gasteiger partial charge on any atom is -0.508 e. The third kappa shape index (κ3) is 6.75. The van der Waals surface area contributed by atoms with E-state index >= 15 is 0 Å². The Morgan fingerprint density at radius 2 is 1.53 bits per heavy atom. The minimum absolute atomic E-state index is 0.240. The maximum absolute atomic E-state index is 13.4. The third-order valence-electron chi connectivity index (χ3n) is 4.86. The number of phenols is 1. The van der Waals surface area contributed by atoms with Crippen LogP contribution in [0.1, 0.15) is 16.7 Å². The van der Waals surface area contributed by atoms with Gasteiger partial charge in [-0.05, 0) is 85.6 Å². The highest BCUT2D eigenvalue weighted by atomic mass is 19.1. The number of hydrogen-bond donors (Lipinski definition) is 1. The Hall–Kier alpha value is -3.11. The molecule has 0 spiro atoms. The largest absolute Gasteiger partial charge is 0.508 e. The average molecular weight is 406 g/mol. The molecule has 0 heterocycles. The summed E-state index contributed by atoms with van der Waals surface area (Å²) in [6, 6.07) is 21.9. The van der Waals surface area contributed by atoms with Crippen LogP contribution >= 0.6 is 0 Å². The standard InChI is InChI=1S/C26H28FNO2/c1-28(2)17-18-30-26-15-6-21(7-16-26)19-23(22-9-11-24(27)12-10-22)8-3-20-4-13-25(29)14-5-20/h4-16,29H,3,17-19H2,1-2H3/b23-8-. The highest BCUT2D eigenvalue weighted by molar-refractivity contribution is 5.68. The quantitative estimate of drug-likeness (QED) is 0.522. The van der Waals surface area contributed by atoms with E-state index in [1.165, 1.54) is 12.1 Å². The lowest BCUT2D eigenvalue weighted by atomic mass is 9.96. The summed E-state index contributed by atoms with van der Waals surface area (Å²) in [5, 5.41) is 9.47. The maximum Gasteiger partial charge on any atom is 0.123 e. The first-order valence-electron chi connectivity index (χ1n) is 10.1. The highest BCUT2D eigenvalue weighted by Gasteiger charge is 2.06. The van der Waals surface area contributed by atoms with E-state index in [0.29, 0.717) is 6.61 Å². The Morgan fingerprint density at radius 3 is 2.17 bits per heavy atom. The molecule has 0 aromatic heterocycles. The van der Waals surface area contributed by atoms with Crippen LogP contribution in [0.25, 0.3) is 5.57 Å². The van der Waals surface area contributed by atoms with Crippen LogP contribution in [0.2, 0.25) is 0 Å². The Labute approximate surface area is 178 Å². The van der Waals surface area contributed by atoms with Crippen molar-refractivity contribution in [3.05, 3.63) is 101 Å². The lowest BCUT2D eigenvalue weighted by Gasteiger charge is -2.12. The molecular weight excluding hydrogens is 377 g/mol. The number of halogens is 1. The summed E-state index contributed by atoms with van der Waals surface area (Å²) in [5.74, 6) is 0.877. The molecule has 30 heavy (non-hydrogen) atoms. The summed E-state index contributed by atoms with van der Waals surface area (Å²) in [4.78, 5) is 2.09. The number of rotatable bonds is 9. The SMILES string of the molecule is CN(C)CCOc1ccc(C/C(=C/Cc2ccc(O)cc2)c2ccc(F)cc2)cc1. The van der Waals surface area contributed by atoms with Crippen LogP contribution in [0, 0.1) is 5.82 Å². The molecule has 0 saturated carbocycles. The lowest BCUT2D eigenvalue weighted by molar-refractivity contribution is 0.261. The van der Waals surface area contributed by atoms with Crippen LogP contribution in [0.5, 0.6) is 11.5 Å². The molecule has 0 amide bonds. The lowest BCUT2D eigenvalue weighted by Crippen LogP contribution is -2.19. The third-order valence-corrected chi connectivity index (χ3v) is 4.86. The number of likely N-dealkylation sites (N-methyl/N-ethyl adjacent to an activating group) is 1. The van der Waals surface area contributed by atoms with Crippen molar-refractivity contribution < 1.29 is 14.2 Å². The van der Waals surface area contributed by atoms with Gasteiger partial charge < -0.3 is 14.7 Å². The van der Waals surface area contributed by atoms with E-state index in [2.05, 4.69) is 23.1 Å². The number of phenolic OH excluding ortho intramolecular Hbond substituents is 1. The number of ether oxygens (including phenoxy) is 1. The zero-order valence-corrected chi connectivity index (χ0v) is 17.5. The van der Waals surface area contributed by atoms with Crippen LogP contribution in [0.4, 0.5) is 4.39 Å². The molecule has 0 fully saturated rings. The monoisotopic (exact) mass is 405 g/mol. The zero-order valence-electron chi connectivity index (χ0n) is 17.5. The predicted octanol–water partition coefficient (Wildman–Crippen LogP) is 5.34. The molecule has 156 valence electrons. The van der Waals surface area contributed by atoms with Crippen molar-refractivity contribution in [1.29, 1.82) is 0 Å². The Morgan fingerprint density at radius 1 is 0.900 bits per heavy atom. The van der Waals surface area contributed by atoms with Crippen molar-refractivity contribution in [3.8, 4) is 11.5 Å². The number of allylic oxidation sites excluding steroid dienone is 2. The van der Waals surface area contributed by atoms with E-state index in [1.54, 1.807) is 12.1 Å². The second-order valence-corrected chi connectivity index (χ2v) is 7.58. The number of benzene rings is 3. The van der Waals surface area contributed by atoms with Gasteiger partial charge >= 0.3 is 0 Å². The number of nitrogens with zero attached hydrogens (tertiary/aromatic N) is 1. The minimum atomic E-state index is -0.240. The molecular formula is C26H28FNO2. The van der Waals surface area contributed by atoms with E-state index in [0.717, 1.165) is 47.4 Å². The van der Waals surface area contributed by atoms with Crippen LogP contribution in [-0.2, 0) is 12.8 Å². The molecule has 0 saturated heterocycles. The van der Waals surface area contributed by atoms with Crippen LogP contribution < -0.4 is 4.74 Å². The smallest absolute Gasteiger partial charge is 0.123 e. The van der Waals surface area contributed by atoms with E-state index < -0.39 is 0 Å². The fraction of sp³-hybridized carbons (Fsp3) is 0.231. The molecule has 0 aliphatic heterocycles. The second-order valence-electron chi connectivity index (χ2n) is 7.58. The molecule has 0 aliphatic rings. The van der Waals surface area contributed by atoms with Crippen molar-refractivity contribution in [3.63, 3.8) is 0 Å². The average Bonchev–Trinajstić information content (AvgIpc) is 2.74. The van der Waals surface area contributed by atoms with Crippen molar-refractivity contribution in [1.82, 2.24) is 4.90 Å². The first-order chi connectivity index (χ1) is 14.5. The highest BCUT2D eigenvalue weighted by Crippen LogP contribution is 2.23. The number of aromatic hydroxyl groups is 1. The van der Waals surface area contributed by atoms with Gasteiger partial charge in [-0.25, -0.2) is 4.39 Å². The topological polar surface area (TPSA) is 32.7 Å².